The smallest absolute Gasteiger partial charge is 0.138 e. The number of halogens is 2. The van der Waals surface area contributed by atoms with Gasteiger partial charge in [-0.15, -0.1) is 0 Å². The van der Waals surface area contributed by atoms with Gasteiger partial charge in [-0.3, -0.25) is 0 Å². The van der Waals surface area contributed by atoms with Crippen molar-refractivity contribution in [2.24, 2.45) is 0 Å². The fraction of sp³-hybridized carbons (Fsp3) is 0.500. The SMILES string of the molecule is CC1(C)CCCN1c1cc(F)c(I)cc1N. The van der Waals surface area contributed by atoms with E-state index in [1.54, 1.807) is 12.1 Å². The van der Waals surface area contributed by atoms with Crippen LogP contribution >= 0.6 is 22.6 Å². The Morgan fingerprint density at radius 2 is 2.12 bits per heavy atom. The van der Waals surface area contributed by atoms with Crippen molar-refractivity contribution >= 4 is 34.0 Å². The van der Waals surface area contributed by atoms with Gasteiger partial charge in [-0.25, -0.2) is 4.39 Å². The average molecular weight is 334 g/mol. The molecule has 1 aromatic carbocycles. The third-order valence-corrected chi connectivity index (χ3v) is 4.09. The largest absolute Gasteiger partial charge is 0.397 e. The van der Waals surface area contributed by atoms with E-state index in [4.69, 9.17) is 5.73 Å². The highest BCUT2D eigenvalue weighted by atomic mass is 127. The number of nitrogens with zero attached hydrogens (tertiary/aromatic N) is 1. The van der Waals surface area contributed by atoms with Crippen molar-refractivity contribution in [2.75, 3.05) is 17.2 Å². The molecule has 88 valence electrons. The summed E-state index contributed by atoms with van der Waals surface area (Å²) in [6.07, 6.45) is 2.26. The van der Waals surface area contributed by atoms with Crippen LogP contribution in [0.4, 0.5) is 15.8 Å². The highest BCUT2D eigenvalue weighted by Gasteiger charge is 2.33. The van der Waals surface area contributed by atoms with Crippen LogP contribution in [0.3, 0.4) is 0 Å². The lowest BCUT2D eigenvalue weighted by Crippen LogP contribution is -2.38. The molecule has 0 atom stereocenters. The Labute approximate surface area is 109 Å². The maximum Gasteiger partial charge on any atom is 0.138 e. The predicted molar refractivity (Wildman–Crippen MR) is 74.2 cm³/mol. The second kappa shape index (κ2) is 4.05. The zero-order valence-electron chi connectivity index (χ0n) is 9.56. The molecule has 1 saturated heterocycles. The van der Waals surface area contributed by atoms with Crippen molar-refractivity contribution in [1.82, 2.24) is 0 Å². The van der Waals surface area contributed by atoms with Crippen LogP contribution in [0.25, 0.3) is 0 Å². The molecule has 2 nitrogen and oxygen atoms in total. The number of anilines is 2. The molecule has 0 aromatic heterocycles. The zero-order valence-corrected chi connectivity index (χ0v) is 11.7. The lowest BCUT2D eigenvalue weighted by atomic mass is 10.0. The molecule has 1 aromatic rings. The van der Waals surface area contributed by atoms with Crippen LogP contribution < -0.4 is 10.6 Å². The van der Waals surface area contributed by atoms with E-state index >= 15 is 0 Å². The Morgan fingerprint density at radius 1 is 1.44 bits per heavy atom. The van der Waals surface area contributed by atoms with E-state index in [0.717, 1.165) is 25.1 Å². The first-order chi connectivity index (χ1) is 7.42. The number of nitrogens with two attached hydrogens (primary N) is 1. The highest BCUT2D eigenvalue weighted by molar-refractivity contribution is 14.1. The molecule has 1 fully saturated rings. The number of benzene rings is 1. The molecule has 16 heavy (non-hydrogen) atoms. The van der Waals surface area contributed by atoms with Crippen molar-refractivity contribution in [3.63, 3.8) is 0 Å². The van der Waals surface area contributed by atoms with Crippen LogP contribution in [0.15, 0.2) is 12.1 Å². The Morgan fingerprint density at radius 3 is 2.69 bits per heavy atom. The molecule has 0 amide bonds. The van der Waals surface area contributed by atoms with Gasteiger partial charge in [0.2, 0.25) is 0 Å². The van der Waals surface area contributed by atoms with Gasteiger partial charge < -0.3 is 10.6 Å². The van der Waals surface area contributed by atoms with Crippen molar-refractivity contribution < 1.29 is 4.39 Å². The van der Waals surface area contributed by atoms with Crippen LogP contribution in [0.5, 0.6) is 0 Å². The molecule has 0 aliphatic carbocycles. The predicted octanol–water partition coefficient (Wildman–Crippen LogP) is 3.39. The van der Waals surface area contributed by atoms with Crippen molar-refractivity contribution in [1.29, 1.82) is 0 Å². The third kappa shape index (κ3) is 1.99. The van der Waals surface area contributed by atoms with Crippen LogP contribution in [-0.4, -0.2) is 12.1 Å². The maximum absolute atomic E-state index is 13.6. The van der Waals surface area contributed by atoms with Gasteiger partial charge in [-0.05, 0) is 55.3 Å². The molecular formula is C12H16FIN2. The molecule has 1 aliphatic rings. The minimum Gasteiger partial charge on any atom is -0.397 e. The Kier molecular flexibility index (Phi) is 3.03. The zero-order chi connectivity index (χ0) is 11.9. The van der Waals surface area contributed by atoms with Crippen LogP contribution in [0.1, 0.15) is 26.7 Å². The van der Waals surface area contributed by atoms with Gasteiger partial charge in [0.25, 0.3) is 0 Å². The highest BCUT2D eigenvalue weighted by Crippen LogP contribution is 2.37. The first-order valence-electron chi connectivity index (χ1n) is 5.44. The summed E-state index contributed by atoms with van der Waals surface area (Å²) in [4.78, 5) is 2.21. The molecule has 0 bridgehead atoms. The van der Waals surface area contributed by atoms with Crippen LogP contribution in [0, 0.1) is 9.39 Å². The molecule has 0 saturated carbocycles. The fourth-order valence-corrected chi connectivity index (χ4v) is 2.83. The van der Waals surface area contributed by atoms with Crippen molar-refractivity contribution in [3.05, 3.63) is 21.5 Å². The summed E-state index contributed by atoms with van der Waals surface area (Å²) in [6.45, 7) is 5.31. The number of nitrogen functional groups attached to an aromatic ring is 1. The molecule has 2 N–H and O–H groups in total. The summed E-state index contributed by atoms with van der Waals surface area (Å²) >= 11 is 1.97. The maximum atomic E-state index is 13.6. The van der Waals surface area contributed by atoms with E-state index in [2.05, 4.69) is 18.7 Å². The number of hydrogen-bond donors (Lipinski definition) is 1. The summed E-state index contributed by atoms with van der Waals surface area (Å²) in [6, 6.07) is 3.27. The monoisotopic (exact) mass is 334 g/mol. The van der Waals surface area contributed by atoms with Gasteiger partial charge in [-0.2, -0.15) is 0 Å². The Hall–Kier alpha value is -0.520. The Bertz CT molecular complexity index is 418. The molecule has 1 heterocycles. The summed E-state index contributed by atoms with van der Waals surface area (Å²) in [5, 5.41) is 0. The normalized spacial score (nSPS) is 19.1. The molecule has 4 heteroatoms. The summed E-state index contributed by atoms with van der Waals surface area (Å²) < 4.78 is 14.2. The molecule has 2 rings (SSSR count). The minimum absolute atomic E-state index is 0.0767. The molecule has 0 spiro atoms. The average Bonchev–Trinajstić information content (AvgIpc) is 2.52. The van der Waals surface area contributed by atoms with E-state index in [1.807, 2.05) is 22.6 Å². The van der Waals surface area contributed by atoms with Gasteiger partial charge in [0.15, 0.2) is 0 Å². The summed E-state index contributed by atoms with van der Waals surface area (Å²) in [5.74, 6) is -0.187. The lowest BCUT2D eigenvalue weighted by Gasteiger charge is -2.34. The standard InChI is InChI=1S/C12H16FIN2/c1-12(2)4-3-5-16(12)11-6-8(13)9(14)7-10(11)15/h6-7H,3-5,15H2,1-2H3. The molecule has 1 aliphatic heterocycles. The molecule has 0 unspecified atom stereocenters. The first-order valence-corrected chi connectivity index (χ1v) is 6.52. The minimum atomic E-state index is -0.187. The van der Waals surface area contributed by atoms with Gasteiger partial charge in [0.1, 0.15) is 5.82 Å². The van der Waals surface area contributed by atoms with Crippen LogP contribution in [-0.2, 0) is 0 Å². The van der Waals surface area contributed by atoms with Gasteiger partial charge in [0, 0.05) is 18.2 Å². The topological polar surface area (TPSA) is 29.3 Å². The van der Waals surface area contributed by atoms with Crippen LogP contribution in [0.2, 0.25) is 0 Å². The van der Waals surface area contributed by atoms with E-state index < -0.39 is 0 Å². The van der Waals surface area contributed by atoms with E-state index in [0.29, 0.717) is 9.26 Å². The fourth-order valence-electron chi connectivity index (χ4n) is 2.34. The van der Waals surface area contributed by atoms with Crippen molar-refractivity contribution in [2.45, 2.75) is 32.2 Å². The lowest BCUT2D eigenvalue weighted by molar-refractivity contribution is 0.517. The quantitative estimate of drug-likeness (QED) is 0.630. The van der Waals surface area contributed by atoms with E-state index in [1.165, 1.54) is 0 Å². The second-order valence-electron chi connectivity index (χ2n) is 4.89. The van der Waals surface area contributed by atoms with Gasteiger partial charge in [0.05, 0.1) is 14.9 Å². The third-order valence-electron chi connectivity index (χ3n) is 3.26. The number of rotatable bonds is 1. The van der Waals surface area contributed by atoms with E-state index in [-0.39, 0.29) is 11.4 Å². The van der Waals surface area contributed by atoms with E-state index in [9.17, 15) is 4.39 Å². The Balaban J connectivity index is 2.44. The summed E-state index contributed by atoms with van der Waals surface area (Å²) in [7, 11) is 0. The molecular weight excluding hydrogens is 318 g/mol. The summed E-state index contributed by atoms with van der Waals surface area (Å²) in [5.41, 5.74) is 7.56. The first kappa shape index (κ1) is 12.0. The second-order valence-corrected chi connectivity index (χ2v) is 6.05. The van der Waals surface area contributed by atoms with Gasteiger partial charge in [-0.1, -0.05) is 0 Å². The molecule has 0 radical (unpaired) electrons. The van der Waals surface area contributed by atoms with Gasteiger partial charge >= 0.3 is 0 Å². The number of hydrogen-bond acceptors (Lipinski definition) is 2. The van der Waals surface area contributed by atoms with Crippen molar-refractivity contribution in [3.8, 4) is 0 Å².